The molecular formula is C8H17IN2O6. The first-order valence-corrected chi connectivity index (χ1v) is 5.95. The fourth-order valence-electron chi connectivity index (χ4n) is 1.05. The molecule has 0 saturated heterocycles. The van der Waals surface area contributed by atoms with Gasteiger partial charge >= 0.3 is 0 Å². The van der Waals surface area contributed by atoms with Crippen LogP contribution in [0.15, 0.2) is 0 Å². The second-order valence-electron chi connectivity index (χ2n) is 3.45. The maximum atomic E-state index is 10.8. The van der Waals surface area contributed by atoms with Crippen LogP contribution in [0.3, 0.4) is 0 Å². The van der Waals surface area contributed by atoms with Crippen molar-refractivity contribution in [2.24, 2.45) is 0 Å². The smallest absolute Gasteiger partial charge is 0.242 e. The van der Waals surface area contributed by atoms with E-state index in [4.69, 9.17) is 10.2 Å². The van der Waals surface area contributed by atoms with E-state index >= 15 is 0 Å². The number of amides is 1. The summed E-state index contributed by atoms with van der Waals surface area (Å²) >= 11 is 1.66. The number of aliphatic hydroxyl groups excluding tert-OH is 5. The lowest BCUT2D eigenvalue weighted by molar-refractivity contribution is -0.119. The van der Waals surface area contributed by atoms with Gasteiger partial charge in [0.15, 0.2) is 0 Å². The Hall–Kier alpha value is -0.0400. The normalized spacial score (nSPS) is 18.2. The van der Waals surface area contributed by atoms with E-state index in [2.05, 4.69) is 8.85 Å². The zero-order valence-corrected chi connectivity index (χ0v) is 11.1. The van der Waals surface area contributed by atoms with Crippen LogP contribution in [0.2, 0.25) is 0 Å². The monoisotopic (exact) mass is 364 g/mol. The van der Waals surface area contributed by atoms with Crippen molar-refractivity contribution in [3.8, 4) is 0 Å². The number of halogens is 1. The molecule has 0 aliphatic carbocycles. The lowest BCUT2D eigenvalue weighted by Gasteiger charge is -2.25. The van der Waals surface area contributed by atoms with Gasteiger partial charge in [-0.1, -0.05) is 0 Å². The molecule has 0 bridgehead atoms. The van der Waals surface area contributed by atoms with Gasteiger partial charge in [-0.25, -0.2) is 0 Å². The van der Waals surface area contributed by atoms with Crippen LogP contribution in [0, 0.1) is 0 Å². The predicted molar refractivity (Wildman–Crippen MR) is 66.1 cm³/mol. The first-order chi connectivity index (χ1) is 7.93. The second kappa shape index (κ2) is 8.97. The van der Waals surface area contributed by atoms with Crippen LogP contribution in [-0.4, -0.2) is 75.6 Å². The highest BCUT2D eigenvalue weighted by atomic mass is 127. The molecule has 0 unspecified atom stereocenters. The first kappa shape index (κ1) is 17.0. The van der Waals surface area contributed by atoms with Crippen LogP contribution in [0.25, 0.3) is 0 Å². The summed E-state index contributed by atoms with van der Waals surface area (Å²) in [5.41, 5.74) is 0. The third-order valence-corrected chi connectivity index (χ3v) is 2.67. The van der Waals surface area contributed by atoms with Gasteiger partial charge in [0.1, 0.15) is 18.3 Å². The SMILES string of the molecule is O=C(CNC[C@H](O)[C@@H](O)[C@H](O)[C@H](O)CO)NI. The number of rotatable bonds is 8. The third kappa shape index (κ3) is 6.45. The minimum absolute atomic E-state index is 0.0502. The lowest BCUT2D eigenvalue weighted by atomic mass is 10.0. The zero-order chi connectivity index (χ0) is 13.4. The standard InChI is InChI=1S/C8H17IN2O6/c9-11-6(15)2-10-1-4(13)7(16)8(17)5(14)3-12/h4-5,7-8,10,12-14,16-17H,1-3H2,(H,11,15)/t4-,5+,7+,8+/m0/s1. The van der Waals surface area contributed by atoms with Crippen molar-refractivity contribution in [3.63, 3.8) is 0 Å². The fourth-order valence-corrected chi connectivity index (χ4v) is 1.24. The highest BCUT2D eigenvalue weighted by Gasteiger charge is 2.29. The van der Waals surface area contributed by atoms with Crippen LogP contribution in [0.5, 0.6) is 0 Å². The molecule has 7 N–H and O–H groups in total. The van der Waals surface area contributed by atoms with Crippen molar-refractivity contribution in [1.29, 1.82) is 0 Å². The summed E-state index contributed by atoms with van der Waals surface area (Å²) in [5.74, 6) is -0.303. The number of hydrogen-bond donors (Lipinski definition) is 7. The molecule has 0 fully saturated rings. The molecule has 17 heavy (non-hydrogen) atoms. The lowest BCUT2D eigenvalue weighted by Crippen LogP contribution is -2.49. The molecule has 0 aliphatic rings. The van der Waals surface area contributed by atoms with Gasteiger partial charge in [0.25, 0.3) is 0 Å². The van der Waals surface area contributed by atoms with Crippen molar-refractivity contribution in [3.05, 3.63) is 0 Å². The van der Waals surface area contributed by atoms with Crippen LogP contribution in [0.4, 0.5) is 0 Å². The number of nitrogens with one attached hydrogen (secondary N) is 2. The van der Waals surface area contributed by atoms with E-state index in [0.717, 1.165) is 0 Å². The van der Waals surface area contributed by atoms with E-state index in [1.807, 2.05) is 0 Å². The quantitative estimate of drug-likeness (QED) is 0.175. The molecule has 0 aromatic carbocycles. The highest BCUT2D eigenvalue weighted by Crippen LogP contribution is 2.04. The topological polar surface area (TPSA) is 142 Å². The Morgan fingerprint density at radius 2 is 1.65 bits per heavy atom. The van der Waals surface area contributed by atoms with E-state index in [0.29, 0.717) is 0 Å². The van der Waals surface area contributed by atoms with E-state index in [1.165, 1.54) is 0 Å². The summed E-state index contributed by atoms with van der Waals surface area (Å²) in [7, 11) is 0. The summed E-state index contributed by atoms with van der Waals surface area (Å²) in [6, 6.07) is 0. The molecule has 0 aliphatic heterocycles. The average Bonchev–Trinajstić information content (AvgIpc) is 2.35. The molecule has 0 rings (SSSR count). The zero-order valence-electron chi connectivity index (χ0n) is 8.95. The Balaban J connectivity index is 3.96. The molecular weight excluding hydrogens is 347 g/mol. The number of carbonyl (C=O) groups excluding carboxylic acids is 1. The van der Waals surface area contributed by atoms with Gasteiger partial charge < -0.3 is 30.8 Å². The van der Waals surface area contributed by atoms with Crippen LogP contribution in [-0.2, 0) is 4.79 Å². The van der Waals surface area contributed by atoms with E-state index in [-0.39, 0.29) is 19.0 Å². The van der Waals surface area contributed by atoms with Crippen molar-refractivity contribution in [2.45, 2.75) is 24.4 Å². The molecule has 1 amide bonds. The number of aliphatic hydroxyl groups is 5. The minimum Gasteiger partial charge on any atom is -0.394 e. The summed E-state index contributed by atoms with van der Waals surface area (Å²) in [6.45, 7) is -0.915. The van der Waals surface area contributed by atoms with Gasteiger partial charge in [0, 0.05) is 6.54 Å². The summed E-state index contributed by atoms with van der Waals surface area (Å²) in [5, 5.41) is 48.2. The van der Waals surface area contributed by atoms with Crippen LogP contribution < -0.4 is 8.85 Å². The van der Waals surface area contributed by atoms with Gasteiger partial charge in [-0.15, -0.1) is 0 Å². The van der Waals surface area contributed by atoms with Crippen molar-refractivity contribution in [1.82, 2.24) is 8.85 Å². The average molecular weight is 364 g/mol. The van der Waals surface area contributed by atoms with Crippen LogP contribution in [0.1, 0.15) is 0 Å². The number of hydrogen-bond acceptors (Lipinski definition) is 7. The maximum absolute atomic E-state index is 10.8. The Kier molecular flexibility index (Phi) is 8.94. The molecule has 0 saturated carbocycles. The number of carbonyl (C=O) groups is 1. The molecule has 8 nitrogen and oxygen atoms in total. The van der Waals surface area contributed by atoms with Gasteiger partial charge in [0.2, 0.25) is 5.91 Å². The van der Waals surface area contributed by atoms with Crippen molar-refractivity contribution < 1.29 is 30.3 Å². The summed E-state index contributed by atoms with van der Waals surface area (Å²) < 4.78 is 2.32. The molecule has 0 radical (unpaired) electrons. The molecule has 0 aromatic rings. The highest BCUT2D eigenvalue weighted by molar-refractivity contribution is 14.1. The van der Waals surface area contributed by atoms with E-state index < -0.39 is 31.0 Å². The summed E-state index contributed by atoms with van der Waals surface area (Å²) in [4.78, 5) is 10.8. The van der Waals surface area contributed by atoms with Gasteiger partial charge in [0.05, 0.1) is 42.1 Å². The molecule has 0 aromatic heterocycles. The molecule has 4 atom stereocenters. The van der Waals surface area contributed by atoms with Gasteiger partial charge in [-0.2, -0.15) is 0 Å². The van der Waals surface area contributed by atoms with E-state index in [9.17, 15) is 20.1 Å². The Bertz CT molecular complexity index is 232. The first-order valence-electron chi connectivity index (χ1n) is 4.87. The predicted octanol–water partition coefficient (Wildman–Crippen LogP) is -3.52. The molecule has 0 spiro atoms. The van der Waals surface area contributed by atoms with Crippen LogP contribution >= 0.6 is 22.9 Å². The maximum Gasteiger partial charge on any atom is 0.242 e. The van der Waals surface area contributed by atoms with Crippen molar-refractivity contribution >= 4 is 28.8 Å². The largest absolute Gasteiger partial charge is 0.394 e. The third-order valence-electron chi connectivity index (χ3n) is 2.07. The fraction of sp³-hybridized carbons (Fsp3) is 0.875. The Morgan fingerprint density at radius 3 is 2.12 bits per heavy atom. The Morgan fingerprint density at radius 1 is 1.12 bits per heavy atom. The molecule has 0 heterocycles. The van der Waals surface area contributed by atoms with Crippen molar-refractivity contribution in [2.75, 3.05) is 19.7 Å². The Labute approximate surface area is 112 Å². The van der Waals surface area contributed by atoms with Gasteiger partial charge in [-0.05, 0) is 0 Å². The summed E-state index contributed by atoms with van der Waals surface area (Å²) in [6.07, 6.45) is -6.17. The molecule has 9 heteroatoms. The molecule has 102 valence electrons. The van der Waals surface area contributed by atoms with E-state index in [1.54, 1.807) is 22.9 Å². The van der Waals surface area contributed by atoms with Gasteiger partial charge in [-0.3, -0.25) is 8.32 Å². The second-order valence-corrected chi connectivity index (χ2v) is 3.99. The minimum atomic E-state index is -1.66.